The van der Waals surface area contributed by atoms with Crippen molar-refractivity contribution in [3.05, 3.63) is 59.9 Å². The summed E-state index contributed by atoms with van der Waals surface area (Å²) in [7, 11) is -3.61. The van der Waals surface area contributed by atoms with Crippen LogP contribution in [0.2, 0.25) is 0 Å². The van der Waals surface area contributed by atoms with Crippen LogP contribution < -0.4 is 10.9 Å². The van der Waals surface area contributed by atoms with E-state index in [9.17, 15) is 22.8 Å². The van der Waals surface area contributed by atoms with E-state index in [1.807, 2.05) is 6.92 Å². The lowest BCUT2D eigenvalue weighted by atomic mass is 10.2. The normalized spacial score (nSPS) is 14.6. The maximum absolute atomic E-state index is 12.8. The first-order valence-electron chi connectivity index (χ1n) is 10.1. The Labute approximate surface area is 186 Å². The van der Waals surface area contributed by atoms with Crippen molar-refractivity contribution < 1.29 is 22.8 Å². The van der Waals surface area contributed by atoms with E-state index in [4.69, 9.17) is 0 Å². The molecule has 3 amide bonds. The molecule has 0 atom stereocenters. The lowest BCUT2D eigenvalue weighted by Crippen LogP contribution is -2.50. The lowest BCUT2D eigenvalue weighted by Gasteiger charge is -2.34. The van der Waals surface area contributed by atoms with Crippen molar-refractivity contribution in [2.75, 3.05) is 26.2 Å². The Morgan fingerprint density at radius 1 is 0.938 bits per heavy atom. The first-order chi connectivity index (χ1) is 15.3. The number of aromatic nitrogens is 1. The molecule has 170 valence electrons. The van der Waals surface area contributed by atoms with Gasteiger partial charge in [0.15, 0.2) is 0 Å². The molecule has 3 rings (SSSR count). The molecule has 1 aliphatic heterocycles. The number of hydrogen-bond donors (Lipinski definition) is 2. The van der Waals surface area contributed by atoms with Crippen LogP contribution in [-0.4, -0.2) is 66.5 Å². The van der Waals surface area contributed by atoms with E-state index in [-0.39, 0.29) is 55.5 Å². The van der Waals surface area contributed by atoms with Gasteiger partial charge >= 0.3 is 0 Å². The summed E-state index contributed by atoms with van der Waals surface area (Å²) in [6, 6.07) is 11.5. The zero-order valence-electron chi connectivity index (χ0n) is 17.7. The molecule has 0 bridgehead atoms. The van der Waals surface area contributed by atoms with E-state index in [0.29, 0.717) is 0 Å². The summed E-state index contributed by atoms with van der Waals surface area (Å²) in [5.74, 6) is -1.32. The van der Waals surface area contributed by atoms with Crippen molar-refractivity contribution in [2.45, 2.75) is 24.7 Å². The number of hydrogen-bond acceptors (Lipinski definition) is 6. The first kappa shape index (κ1) is 23.4. The van der Waals surface area contributed by atoms with Gasteiger partial charge in [0.2, 0.25) is 21.8 Å². The molecule has 0 saturated carbocycles. The number of hydrazine groups is 1. The largest absolute Gasteiger partial charge is 0.340 e. The van der Waals surface area contributed by atoms with Crippen molar-refractivity contribution in [3.63, 3.8) is 0 Å². The summed E-state index contributed by atoms with van der Waals surface area (Å²) >= 11 is 0. The predicted octanol–water partition coefficient (Wildman–Crippen LogP) is 0.464. The molecule has 2 aromatic rings. The Bertz CT molecular complexity index is 1070. The minimum Gasteiger partial charge on any atom is -0.340 e. The summed E-state index contributed by atoms with van der Waals surface area (Å²) in [6.45, 7) is 2.77. The molecule has 32 heavy (non-hydrogen) atoms. The van der Waals surface area contributed by atoms with Gasteiger partial charge < -0.3 is 4.90 Å². The van der Waals surface area contributed by atoms with Gasteiger partial charge in [-0.25, -0.2) is 8.42 Å². The van der Waals surface area contributed by atoms with Crippen molar-refractivity contribution in [1.29, 1.82) is 0 Å². The zero-order valence-corrected chi connectivity index (χ0v) is 18.5. The smallest absolute Gasteiger partial charge is 0.288 e. The number of benzene rings is 1. The molecule has 1 fully saturated rings. The van der Waals surface area contributed by atoms with Crippen molar-refractivity contribution in [1.82, 2.24) is 25.0 Å². The van der Waals surface area contributed by atoms with Crippen LogP contribution in [0.1, 0.15) is 28.9 Å². The number of nitrogens with zero attached hydrogens (tertiary/aromatic N) is 3. The summed E-state index contributed by atoms with van der Waals surface area (Å²) in [6.07, 6.45) is 1.31. The van der Waals surface area contributed by atoms with Crippen molar-refractivity contribution in [3.8, 4) is 0 Å². The van der Waals surface area contributed by atoms with Crippen LogP contribution in [0.15, 0.2) is 53.6 Å². The Kier molecular flexibility index (Phi) is 7.54. The van der Waals surface area contributed by atoms with Gasteiger partial charge in [-0.2, -0.15) is 4.31 Å². The lowest BCUT2D eigenvalue weighted by molar-refractivity contribution is -0.134. The summed E-state index contributed by atoms with van der Waals surface area (Å²) < 4.78 is 26.9. The minimum atomic E-state index is -3.61. The van der Waals surface area contributed by atoms with Gasteiger partial charge in [-0.05, 0) is 31.2 Å². The minimum absolute atomic E-state index is 0.0456. The van der Waals surface area contributed by atoms with E-state index < -0.39 is 21.8 Å². The Balaban J connectivity index is 1.42. The van der Waals surface area contributed by atoms with E-state index in [0.717, 1.165) is 5.56 Å². The average molecular weight is 460 g/mol. The molecule has 1 aliphatic rings. The van der Waals surface area contributed by atoms with Gasteiger partial charge in [-0.3, -0.25) is 30.2 Å². The van der Waals surface area contributed by atoms with E-state index in [1.54, 1.807) is 41.3 Å². The second-order valence-electron chi connectivity index (χ2n) is 7.32. The highest BCUT2D eigenvalue weighted by atomic mass is 32.2. The maximum Gasteiger partial charge on any atom is 0.288 e. The van der Waals surface area contributed by atoms with Gasteiger partial charge in [0.05, 0.1) is 4.90 Å². The van der Waals surface area contributed by atoms with Crippen LogP contribution in [0.4, 0.5) is 0 Å². The number of pyridine rings is 1. The fourth-order valence-electron chi connectivity index (χ4n) is 3.17. The molecule has 2 N–H and O–H groups in total. The van der Waals surface area contributed by atoms with Crippen LogP contribution in [-0.2, 0) is 19.6 Å². The number of carbonyl (C=O) groups excluding carboxylic acids is 3. The molecular weight excluding hydrogens is 434 g/mol. The SMILES string of the molecule is Cc1ccc(S(=O)(=O)N2CCN(C(=O)CCC(=O)NNC(=O)c3ccccn3)CC2)cc1. The van der Waals surface area contributed by atoms with Crippen LogP contribution in [0.5, 0.6) is 0 Å². The number of nitrogens with one attached hydrogen (secondary N) is 2. The van der Waals surface area contributed by atoms with Crippen LogP contribution in [0, 0.1) is 6.92 Å². The molecule has 1 aromatic heterocycles. The molecule has 2 heterocycles. The van der Waals surface area contributed by atoms with Crippen molar-refractivity contribution >= 4 is 27.7 Å². The molecule has 10 nitrogen and oxygen atoms in total. The van der Waals surface area contributed by atoms with Gasteiger partial charge in [0.25, 0.3) is 5.91 Å². The van der Waals surface area contributed by atoms with Gasteiger partial charge in [-0.1, -0.05) is 23.8 Å². The van der Waals surface area contributed by atoms with Crippen LogP contribution >= 0.6 is 0 Å². The molecule has 0 radical (unpaired) electrons. The van der Waals surface area contributed by atoms with Gasteiger partial charge in [0, 0.05) is 45.2 Å². The zero-order chi connectivity index (χ0) is 23.1. The second-order valence-corrected chi connectivity index (χ2v) is 9.25. The first-order valence-corrected chi connectivity index (χ1v) is 11.6. The predicted molar refractivity (Wildman–Crippen MR) is 116 cm³/mol. The highest BCUT2D eigenvalue weighted by molar-refractivity contribution is 7.89. The number of sulfonamides is 1. The number of amides is 3. The Morgan fingerprint density at radius 2 is 1.62 bits per heavy atom. The molecule has 0 aliphatic carbocycles. The monoisotopic (exact) mass is 459 g/mol. The molecule has 0 spiro atoms. The summed E-state index contributed by atoms with van der Waals surface area (Å²) in [5.41, 5.74) is 5.62. The fourth-order valence-corrected chi connectivity index (χ4v) is 4.59. The third-order valence-electron chi connectivity index (χ3n) is 5.03. The summed E-state index contributed by atoms with van der Waals surface area (Å²) in [4.78, 5) is 41.8. The van der Waals surface area contributed by atoms with Crippen molar-refractivity contribution in [2.24, 2.45) is 0 Å². The third kappa shape index (κ3) is 5.89. The van der Waals surface area contributed by atoms with Gasteiger partial charge in [-0.15, -0.1) is 0 Å². The number of rotatable bonds is 6. The highest BCUT2D eigenvalue weighted by Gasteiger charge is 2.30. The fraction of sp³-hybridized carbons (Fsp3) is 0.333. The van der Waals surface area contributed by atoms with Gasteiger partial charge in [0.1, 0.15) is 5.69 Å². The third-order valence-corrected chi connectivity index (χ3v) is 6.94. The van der Waals surface area contributed by atoms with E-state index >= 15 is 0 Å². The van der Waals surface area contributed by atoms with E-state index in [1.165, 1.54) is 16.6 Å². The molecule has 0 unspecified atom stereocenters. The number of aryl methyl sites for hydroxylation is 1. The Hall–Kier alpha value is -3.31. The summed E-state index contributed by atoms with van der Waals surface area (Å²) in [5, 5.41) is 0. The number of carbonyl (C=O) groups is 3. The maximum atomic E-state index is 12.8. The molecule has 1 aromatic carbocycles. The standard InChI is InChI=1S/C21H25N5O5S/c1-16-5-7-17(8-6-16)32(30,31)26-14-12-25(13-15-26)20(28)10-9-19(27)23-24-21(29)18-4-2-3-11-22-18/h2-8,11H,9-10,12-15H2,1H3,(H,23,27)(H,24,29). The highest BCUT2D eigenvalue weighted by Crippen LogP contribution is 2.18. The molecule has 1 saturated heterocycles. The number of piperazine rings is 1. The quantitative estimate of drug-likeness (QED) is 0.604. The average Bonchev–Trinajstić information content (AvgIpc) is 2.82. The Morgan fingerprint density at radius 3 is 2.25 bits per heavy atom. The van der Waals surface area contributed by atoms with Crippen LogP contribution in [0.3, 0.4) is 0 Å². The van der Waals surface area contributed by atoms with E-state index in [2.05, 4.69) is 15.8 Å². The second kappa shape index (κ2) is 10.3. The van der Waals surface area contributed by atoms with Crippen LogP contribution in [0.25, 0.3) is 0 Å². The molecule has 11 heteroatoms. The topological polar surface area (TPSA) is 129 Å². The molecular formula is C21H25N5O5S.